The Morgan fingerprint density at radius 2 is 1.58 bits per heavy atom. The quantitative estimate of drug-likeness (QED) is 0.481. The average Bonchev–Trinajstić information content (AvgIpc) is 3.62. The number of nitrogens with one attached hydrogen (secondary N) is 2. The van der Waals surface area contributed by atoms with Crippen LogP contribution in [0, 0.1) is 0 Å². The molecule has 0 saturated heterocycles. The summed E-state index contributed by atoms with van der Waals surface area (Å²) in [4.78, 5) is 24.3. The van der Waals surface area contributed by atoms with Gasteiger partial charge in [-0.05, 0) is 54.2 Å². The highest BCUT2D eigenvalue weighted by Crippen LogP contribution is 2.22. The highest BCUT2D eigenvalue weighted by Gasteiger charge is 2.27. The first kappa shape index (κ1) is 22.9. The first-order valence-corrected chi connectivity index (χ1v) is 12.5. The lowest BCUT2D eigenvalue weighted by molar-refractivity contribution is -0.121. The Bertz CT molecular complexity index is 1260. The van der Waals surface area contributed by atoms with Gasteiger partial charge in [-0.3, -0.25) is 9.59 Å². The molecule has 0 unspecified atom stereocenters. The van der Waals surface area contributed by atoms with Gasteiger partial charge in [0.05, 0.1) is 11.4 Å². The molecular formula is C25H27N3O4S. The van der Waals surface area contributed by atoms with Crippen LogP contribution in [0.1, 0.15) is 36.0 Å². The van der Waals surface area contributed by atoms with Crippen molar-refractivity contribution in [1.82, 2.24) is 14.6 Å². The van der Waals surface area contributed by atoms with Gasteiger partial charge in [0.1, 0.15) is 0 Å². The van der Waals surface area contributed by atoms with Crippen molar-refractivity contribution >= 4 is 15.9 Å². The van der Waals surface area contributed by atoms with E-state index in [9.17, 15) is 18.0 Å². The van der Waals surface area contributed by atoms with Gasteiger partial charge in [-0.2, -0.15) is 0 Å². The van der Waals surface area contributed by atoms with Gasteiger partial charge in [0, 0.05) is 31.3 Å². The zero-order valence-electron chi connectivity index (χ0n) is 18.2. The Labute approximate surface area is 193 Å². The van der Waals surface area contributed by atoms with Gasteiger partial charge in [0.2, 0.25) is 15.9 Å². The van der Waals surface area contributed by atoms with Crippen LogP contribution in [-0.4, -0.2) is 24.9 Å². The molecule has 0 atom stereocenters. The molecule has 1 saturated carbocycles. The Balaban J connectivity index is 1.22. The van der Waals surface area contributed by atoms with Crippen molar-refractivity contribution in [3.63, 3.8) is 0 Å². The standard InChI is InChI=1S/C25H27N3O4S/c29-24(15-10-19-8-13-23(14-9-19)33(31,32)27-22-11-12-22)26-17-20-4-6-21(7-5-20)18-28-16-2-1-3-25(28)30/h1-9,13-14,16,22,27H,10-12,15,17-18H2,(H,26,29). The van der Waals surface area contributed by atoms with Crippen molar-refractivity contribution in [2.45, 2.75) is 49.7 Å². The first-order valence-electron chi connectivity index (χ1n) is 11.0. The van der Waals surface area contributed by atoms with E-state index in [2.05, 4.69) is 10.0 Å². The molecule has 0 spiro atoms. The molecule has 1 fully saturated rings. The van der Waals surface area contributed by atoms with E-state index >= 15 is 0 Å². The van der Waals surface area contributed by atoms with Crippen LogP contribution in [0.5, 0.6) is 0 Å². The van der Waals surface area contributed by atoms with Crippen LogP contribution >= 0.6 is 0 Å². The number of nitrogens with zero attached hydrogens (tertiary/aromatic N) is 1. The summed E-state index contributed by atoms with van der Waals surface area (Å²) in [6.07, 6.45) is 4.40. The van der Waals surface area contributed by atoms with Crippen molar-refractivity contribution in [1.29, 1.82) is 0 Å². The second-order valence-electron chi connectivity index (χ2n) is 8.30. The lowest BCUT2D eigenvalue weighted by atomic mass is 10.1. The maximum absolute atomic E-state index is 12.2. The number of aromatic nitrogens is 1. The van der Waals surface area contributed by atoms with E-state index in [0.717, 1.165) is 29.5 Å². The van der Waals surface area contributed by atoms with Crippen LogP contribution in [0.3, 0.4) is 0 Å². The average molecular weight is 466 g/mol. The molecule has 3 aromatic rings. The lowest BCUT2D eigenvalue weighted by Gasteiger charge is -2.09. The third kappa shape index (κ3) is 6.63. The van der Waals surface area contributed by atoms with E-state index < -0.39 is 10.0 Å². The first-order chi connectivity index (χ1) is 15.9. The van der Waals surface area contributed by atoms with Gasteiger partial charge >= 0.3 is 0 Å². The molecular weight excluding hydrogens is 438 g/mol. The van der Waals surface area contributed by atoms with Crippen molar-refractivity contribution in [3.8, 4) is 0 Å². The van der Waals surface area contributed by atoms with Crippen LogP contribution in [-0.2, 0) is 34.3 Å². The van der Waals surface area contributed by atoms with E-state index in [4.69, 9.17) is 0 Å². The summed E-state index contributed by atoms with van der Waals surface area (Å²) in [7, 11) is -3.45. The molecule has 1 aliphatic carbocycles. The van der Waals surface area contributed by atoms with Crippen molar-refractivity contribution in [2.75, 3.05) is 0 Å². The minimum atomic E-state index is -3.45. The molecule has 1 amide bonds. The minimum absolute atomic E-state index is 0.0416. The fourth-order valence-electron chi connectivity index (χ4n) is 3.42. The summed E-state index contributed by atoms with van der Waals surface area (Å²) in [5.41, 5.74) is 2.86. The Morgan fingerprint density at radius 3 is 2.24 bits per heavy atom. The van der Waals surface area contributed by atoms with Gasteiger partial charge < -0.3 is 9.88 Å². The van der Waals surface area contributed by atoms with Gasteiger partial charge in [0.25, 0.3) is 5.56 Å². The molecule has 2 aromatic carbocycles. The third-order valence-electron chi connectivity index (χ3n) is 5.54. The van der Waals surface area contributed by atoms with Crippen LogP contribution in [0.4, 0.5) is 0 Å². The SMILES string of the molecule is O=C(CCc1ccc(S(=O)(=O)NC2CC2)cc1)NCc1ccc(Cn2ccccc2=O)cc1. The maximum atomic E-state index is 12.2. The predicted octanol–water partition coefficient (Wildman–Crippen LogP) is 2.59. The zero-order chi connectivity index (χ0) is 23.3. The molecule has 0 radical (unpaired) electrons. The number of hydrogen-bond acceptors (Lipinski definition) is 4. The van der Waals surface area contributed by atoms with Crippen LogP contribution in [0.2, 0.25) is 0 Å². The molecule has 172 valence electrons. The number of sulfonamides is 1. The van der Waals surface area contributed by atoms with E-state index in [1.807, 2.05) is 30.3 Å². The molecule has 1 heterocycles. The molecule has 8 heteroatoms. The van der Waals surface area contributed by atoms with E-state index in [1.165, 1.54) is 6.07 Å². The number of rotatable bonds is 10. The lowest BCUT2D eigenvalue weighted by Crippen LogP contribution is -2.25. The molecule has 33 heavy (non-hydrogen) atoms. The summed E-state index contributed by atoms with van der Waals surface area (Å²) < 4.78 is 28.7. The topological polar surface area (TPSA) is 97.3 Å². The number of aryl methyl sites for hydroxylation is 1. The fourth-order valence-corrected chi connectivity index (χ4v) is 4.73. The summed E-state index contributed by atoms with van der Waals surface area (Å²) >= 11 is 0. The molecule has 1 aromatic heterocycles. The summed E-state index contributed by atoms with van der Waals surface area (Å²) in [6.45, 7) is 0.928. The second-order valence-corrected chi connectivity index (χ2v) is 10.0. The Hall–Kier alpha value is -3.23. The maximum Gasteiger partial charge on any atom is 0.250 e. The zero-order valence-corrected chi connectivity index (χ0v) is 19.1. The van der Waals surface area contributed by atoms with Crippen LogP contribution in [0.25, 0.3) is 0 Å². The smallest absolute Gasteiger partial charge is 0.250 e. The highest BCUT2D eigenvalue weighted by molar-refractivity contribution is 7.89. The second kappa shape index (κ2) is 10.1. The van der Waals surface area contributed by atoms with Gasteiger partial charge in [-0.1, -0.05) is 42.5 Å². The van der Waals surface area contributed by atoms with Gasteiger partial charge in [-0.15, -0.1) is 0 Å². The number of hydrogen-bond donors (Lipinski definition) is 2. The van der Waals surface area contributed by atoms with Crippen molar-refractivity contribution < 1.29 is 13.2 Å². The number of pyridine rings is 1. The van der Waals surface area contributed by atoms with Crippen molar-refractivity contribution in [3.05, 3.63) is 100.0 Å². The molecule has 0 bridgehead atoms. The van der Waals surface area contributed by atoms with Crippen LogP contribution in [0.15, 0.2) is 82.6 Å². The molecule has 7 nitrogen and oxygen atoms in total. The Kier molecular flexibility index (Phi) is 7.05. The largest absolute Gasteiger partial charge is 0.352 e. The fraction of sp³-hybridized carbons (Fsp3) is 0.280. The molecule has 4 rings (SSSR count). The van der Waals surface area contributed by atoms with E-state index in [1.54, 1.807) is 41.1 Å². The molecule has 1 aliphatic rings. The van der Waals surface area contributed by atoms with Gasteiger partial charge in [0.15, 0.2) is 0 Å². The van der Waals surface area contributed by atoms with Gasteiger partial charge in [-0.25, -0.2) is 13.1 Å². The molecule has 0 aliphatic heterocycles. The monoisotopic (exact) mass is 465 g/mol. The number of benzene rings is 2. The minimum Gasteiger partial charge on any atom is -0.352 e. The highest BCUT2D eigenvalue weighted by atomic mass is 32.2. The summed E-state index contributed by atoms with van der Waals surface area (Å²) in [5.74, 6) is -0.0676. The summed E-state index contributed by atoms with van der Waals surface area (Å²) in [5, 5.41) is 2.91. The Morgan fingerprint density at radius 1 is 0.909 bits per heavy atom. The third-order valence-corrected chi connectivity index (χ3v) is 7.07. The van der Waals surface area contributed by atoms with Crippen LogP contribution < -0.4 is 15.6 Å². The van der Waals surface area contributed by atoms with E-state index in [0.29, 0.717) is 25.9 Å². The van der Waals surface area contributed by atoms with Crippen molar-refractivity contribution in [2.24, 2.45) is 0 Å². The van der Waals surface area contributed by atoms with E-state index in [-0.39, 0.29) is 22.4 Å². The summed E-state index contributed by atoms with van der Waals surface area (Å²) in [6, 6.07) is 19.6. The number of carbonyl (C=O) groups is 1. The predicted molar refractivity (Wildman–Crippen MR) is 126 cm³/mol. The normalized spacial score (nSPS) is 13.6. The molecule has 2 N–H and O–H groups in total. The number of amides is 1. The number of carbonyl (C=O) groups excluding carboxylic acids is 1.